The molecule has 1 heterocycles. The number of nitrogens with one attached hydrogen (secondary N) is 2. The molecule has 0 aliphatic carbocycles. The molecule has 0 spiro atoms. The third kappa shape index (κ3) is 2.11. The quantitative estimate of drug-likeness (QED) is 0.592. The van der Waals surface area contributed by atoms with Crippen LogP contribution in [0.4, 0.5) is 0 Å². The first-order chi connectivity index (χ1) is 5.34. The molecule has 0 aromatic carbocycles. The van der Waals surface area contributed by atoms with Crippen LogP contribution in [-0.2, 0) is 4.79 Å². The lowest BCUT2D eigenvalue weighted by atomic mass is 10.2. The number of dihydropyridines is 1. The van der Waals surface area contributed by atoms with Crippen molar-refractivity contribution in [3.8, 4) is 0 Å². The molecule has 1 aliphatic rings. The van der Waals surface area contributed by atoms with Crippen molar-refractivity contribution in [3.63, 3.8) is 0 Å². The van der Waals surface area contributed by atoms with Gasteiger partial charge in [-0.25, -0.2) is 0 Å². The highest BCUT2D eigenvalue weighted by Gasteiger charge is 2.07. The minimum Gasteiger partial charge on any atom is -0.387 e. The fraction of sp³-hybridized carbons (Fsp3) is 0.375. The summed E-state index contributed by atoms with van der Waals surface area (Å²) in [6.45, 7) is 3.22. The van der Waals surface area contributed by atoms with E-state index in [1.54, 1.807) is 0 Å². The topological polar surface area (TPSA) is 41.1 Å². The molecule has 1 amide bonds. The number of hydrogen-bond donors (Lipinski definition) is 2. The highest BCUT2D eigenvalue weighted by atomic mass is 16.1. The maximum absolute atomic E-state index is 11.1. The lowest BCUT2D eigenvalue weighted by molar-refractivity contribution is -0.117. The first kappa shape index (κ1) is 7.85. The van der Waals surface area contributed by atoms with Gasteiger partial charge < -0.3 is 10.6 Å². The summed E-state index contributed by atoms with van der Waals surface area (Å²) in [6.07, 6.45) is 5.47. The number of likely N-dealkylation sites (N-methyl/N-ethyl adjacent to an activating group) is 1. The van der Waals surface area contributed by atoms with Gasteiger partial charge in [0.25, 0.3) is 0 Å². The van der Waals surface area contributed by atoms with Gasteiger partial charge in [-0.3, -0.25) is 4.79 Å². The molecule has 0 saturated carbocycles. The standard InChI is InChI=1S/C8H12N2O/c1-2-10-8(11)7-4-3-5-9-6-7/h3-5,9H,2,6H2,1H3,(H,10,11). The predicted molar refractivity (Wildman–Crippen MR) is 43.9 cm³/mol. The number of carbonyl (C=O) groups excluding carboxylic acids is 1. The Morgan fingerprint density at radius 3 is 3.18 bits per heavy atom. The minimum absolute atomic E-state index is 0.0179. The third-order valence-electron chi connectivity index (χ3n) is 1.43. The van der Waals surface area contributed by atoms with E-state index in [0.717, 1.165) is 5.57 Å². The molecule has 0 bridgehead atoms. The number of hydrogen-bond acceptors (Lipinski definition) is 2. The molecule has 3 heteroatoms. The van der Waals surface area contributed by atoms with Gasteiger partial charge >= 0.3 is 0 Å². The van der Waals surface area contributed by atoms with E-state index in [9.17, 15) is 4.79 Å². The van der Waals surface area contributed by atoms with E-state index in [1.807, 2.05) is 25.3 Å². The summed E-state index contributed by atoms with van der Waals surface area (Å²) in [5.41, 5.74) is 0.786. The molecule has 0 aromatic heterocycles. The fourth-order valence-electron chi connectivity index (χ4n) is 0.890. The molecular formula is C8H12N2O. The maximum atomic E-state index is 11.1. The average molecular weight is 152 g/mol. The molecule has 0 fully saturated rings. The van der Waals surface area contributed by atoms with Crippen molar-refractivity contribution in [1.29, 1.82) is 0 Å². The Bertz CT molecular complexity index is 206. The number of carbonyl (C=O) groups is 1. The van der Waals surface area contributed by atoms with Crippen molar-refractivity contribution in [2.45, 2.75) is 6.92 Å². The lowest BCUT2D eigenvalue weighted by Crippen LogP contribution is -2.29. The third-order valence-corrected chi connectivity index (χ3v) is 1.43. The molecule has 0 aromatic rings. The van der Waals surface area contributed by atoms with E-state index in [0.29, 0.717) is 13.1 Å². The van der Waals surface area contributed by atoms with E-state index >= 15 is 0 Å². The highest BCUT2D eigenvalue weighted by molar-refractivity contribution is 5.94. The van der Waals surface area contributed by atoms with Crippen LogP contribution in [0, 0.1) is 0 Å². The van der Waals surface area contributed by atoms with Crippen LogP contribution in [-0.4, -0.2) is 19.0 Å². The zero-order valence-corrected chi connectivity index (χ0v) is 6.55. The zero-order valence-electron chi connectivity index (χ0n) is 6.55. The van der Waals surface area contributed by atoms with Gasteiger partial charge in [0.2, 0.25) is 5.91 Å². The van der Waals surface area contributed by atoms with Gasteiger partial charge in [-0.15, -0.1) is 0 Å². The summed E-state index contributed by atoms with van der Waals surface area (Å²) < 4.78 is 0. The van der Waals surface area contributed by atoms with Gasteiger partial charge in [0, 0.05) is 18.7 Å². The molecule has 0 saturated heterocycles. The monoisotopic (exact) mass is 152 g/mol. The van der Waals surface area contributed by atoms with Crippen LogP contribution in [0.5, 0.6) is 0 Å². The summed E-state index contributed by atoms with van der Waals surface area (Å²) in [5, 5.41) is 5.70. The van der Waals surface area contributed by atoms with Crippen LogP contribution >= 0.6 is 0 Å². The summed E-state index contributed by atoms with van der Waals surface area (Å²) in [4.78, 5) is 11.1. The van der Waals surface area contributed by atoms with Gasteiger partial charge in [0.15, 0.2) is 0 Å². The van der Waals surface area contributed by atoms with Gasteiger partial charge in [-0.2, -0.15) is 0 Å². The van der Waals surface area contributed by atoms with Crippen molar-refractivity contribution < 1.29 is 4.79 Å². The highest BCUT2D eigenvalue weighted by Crippen LogP contribution is 1.97. The normalized spacial score (nSPS) is 15.2. The van der Waals surface area contributed by atoms with Gasteiger partial charge in [0.05, 0.1) is 0 Å². The van der Waals surface area contributed by atoms with Crippen LogP contribution < -0.4 is 10.6 Å². The average Bonchev–Trinajstić information content (AvgIpc) is 2.07. The van der Waals surface area contributed by atoms with Crippen molar-refractivity contribution >= 4 is 5.91 Å². The molecule has 2 N–H and O–H groups in total. The van der Waals surface area contributed by atoms with Crippen molar-refractivity contribution in [1.82, 2.24) is 10.6 Å². The number of allylic oxidation sites excluding steroid dienone is 2. The SMILES string of the molecule is CCNC(=O)C1=CC=CNC1. The van der Waals surface area contributed by atoms with E-state index in [2.05, 4.69) is 10.6 Å². The molecule has 1 rings (SSSR count). The summed E-state index contributed by atoms with van der Waals surface area (Å²) in [6, 6.07) is 0. The second-order valence-corrected chi connectivity index (χ2v) is 2.29. The number of rotatable bonds is 2. The van der Waals surface area contributed by atoms with E-state index in [-0.39, 0.29) is 5.91 Å². The Morgan fingerprint density at radius 1 is 1.82 bits per heavy atom. The van der Waals surface area contributed by atoms with E-state index in [1.165, 1.54) is 0 Å². The van der Waals surface area contributed by atoms with Gasteiger partial charge in [0.1, 0.15) is 0 Å². The Morgan fingerprint density at radius 2 is 2.64 bits per heavy atom. The second-order valence-electron chi connectivity index (χ2n) is 2.29. The fourth-order valence-corrected chi connectivity index (χ4v) is 0.890. The second kappa shape index (κ2) is 3.81. The Hall–Kier alpha value is -1.25. The minimum atomic E-state index is 0.0179. The molecule has 0 radical (unpaired) electrons. The summed E-state index contributed by atoms with van der Waals surface area (Å²) in [5.74, 6) is 0.0179. The van der Waals surface area contributed by atoms with Crippen molar-refractivity contribution in [3.05, 3.63) is 23.9 Å². The predicted octanol–water partition coefficient (Wildman–Crippen LogP) is 0.166. The molecule has 0 atom stereocenters. The molecule has 60 valence electrons. The first-order valence-electron chi connectivity index (χ1n) is 3.72. The van der Waals surface area contributed by atoms with Crippen molar-refractivity contribution in [2.75, 3.05) is 13.1 Å². The molecule has 1 aliphatic heterocycles. The Labute approximate surface area is 66.2 Å². The molecule has 11 heavy (non-hydrogen) atoms. The number of amides is 1. The van der Waals surface area contributed by atoms with Gasteiger partial charge in [-0.05, 0) is 19.2 Å². The summed E-state index contributed by atoms with van der Waals surface area (Å²) in [7, 11) is 0. The lowest BCUT2D eigenvalue weighted by Gasteiger charge is -2.09. The summed E-state index contributed by atoms with van der Waals surface area (Å²) >= 11 is 0. The van der Waals surface area contributed by atoms with Crippen molar-refractivity contribution in [2.24, 2.45) is 0 Å². The van der Waals surface area contributed by atoms with E-state index < -0.39 is 0 Å². The van der Waals surface area contributed by atoms with Gasteiger partial charge in [-0.1, -0.05) is 6.08 Å². The van der Waals surface area contributed by atoms with Crippen LogP contribution in [0.15, 0.2) is 23.9 Å². The van der Waals surface area contributed by atoms with Crippen LogP contribution in [0.3, 0.4) is 0 Å². The smallest absolute Gasteiger partial charge is 0.248 e. The van der Waals surface area contributed by atoms with Crippen LogP contribution in [0.25, 0.3) is 0 Å². The first-order valence-corrected chi connectivity index (χ1v) is 3.72. The van der Waals surface area contributed by atoms with E-state index in [4.69, 9.17) is 0 Å². The van der Waals surface area contributed by atoms with Crippen LogP contribution in [0.1, 0.15) is 6.92 Å². The zero-order chi connectivity index (χ0) is 8.10. The molecular weight excluding hydrogens is 140 g/mol. The Kier molecular flexibility index (Phi) is 2.72. The Balaban J connectivity index is 2.52. The molecule has 0 unspecified atom stereocenters. The van der Waals surface area contributed by atoms with Crippen LogP contribution in [0.2, 0.25) is 0 Å². The molecule has 3 nitrogen and oxygen atoms in total. The maximum Gasteiger partial charge on any atom is 0.248 e. The largest absolute Gasteiger partial charge is 0.387 e.